The Kier molecular flexibility index (Phi) is 15.3. The minimum absolute atomic E-state index is 0.00487. The molecule has 0 saturated heterocycles. The first kappa shape index (κ1) is 39.5. The molecule has 4 rings (SSSR count). The van der Waals surface area contributed by atoms with E-state index < -0.39 is 30.2 Å². The summed E-state index contributed by atoms with van der Waals surface area (Å²) in [6.07, 6.45) is 14.6. The molecular formula is C43H58F2O5. The minimum atomic E-state index is -0.629. The highest BCUT2D eigenvalue weighted by Crippen LogP contribution is 2.46. The number of halogens is 2. The molecule has 0 bridgehead atoms. The molecule has 274 valence electrons. The highest BCUT2D eigenvalue weighted by atomic mass is 19.1. The molecule has 1 N–H and O–H groups in total. The van der Waals surface area contributed by atoms with Crippen molar-refractivity contribution in [3.63, 3.8) is 0 Å². The van der Waals surface area contributed by atoms with Crippen molar-refractivity contribution in [2.45, 2.75) is 117 Å². The zero-order valence-corrected chi connectivity index (χ0v) is 30.5. The van der Waals surface area contributed by atoms with Crippen LogP contribution < -0.4 is 0 Å². The van der Waals surface area contributed by atoms with Gasteiger partial charge in [-0.1, -0.05) is 70.9 Å². The maximum Gasteiger partial charge on any atom is 0.335 e. The molecule has 1 atom stereocenters. The number of aliphatic hydroxyl groups excluding tert-OH is 1. The Labute approximate surface area is 298 Å². The lowest BCUT2D eigenvalue weighted by Crippen LogP contribution is -2.28. The van der Waals surface area contributed by atoms with Crippen molar-refractivity contribution < 1.29 is 33.0 Å². The summed E-state index contributed by atoms with van der Waals surface area (Å²) in [7, 11) is 0. The van der Waals surface area contributed by atoms with E-state index in [1.807, 2.05) is 12.1 Å². The molecule has 0 spiro atoms. The molecule has 0 heterocycles. The second-order valence-corrected chi connectivity index (χ2v) is 14.9. The van der Waals surface area contributed by atoms with Gasteiger partial charge >= 0.3 is 11.9 Å². The van der Waals surface area contributed by atoms with Crippen molar-refractivity contribution in [2.24, 2.45) is 23.7 Å². The maximum atomic E-state index is 15.2. The van der Waals surface area contributed by atoms with E-state index in [0.717, 1.165) is 63.4 Å². The van der Waals surface area contributed by atoms with Crippen molar-refractivity contribution in [1.82, 2.24) is 0 Å². The number of esters is 2. The number of carbonyl (C=O) groups is 2. The Morgan fingerprint density at radius 2 is 1.46 bits per heavy atom. The van der Waals surface area contributed by atoms with Gasteiger partial charge in [-0.25, -0.2) is 18.4 Å². The maximum absolute atomic E-state index is 15.2. The van der Waals surface area contributed by atoms with E-state index in [4.69, 9.17) is 9.47 Å². The van der Waals surface area contributed by atoms with Crippen molar-refractivity contribution in [1.29, 1.82) is 0 Å². The number of hydrogen-bond donors (Lipinski definition) is 1. The number of unbranched alkanes of at least 4 members (excludes halogenated alkanes) is 2. The highest BCUT2D eigenvalue weighted by Gasteiger charge is 2.33. The number of hydrogen-bond acceptors (Lipinski definition) is 5. The van der Waals surface area contributed by atoms with Gasteiger partial charge in [0.05, 0.1) is 31.0 Å². The van der Waals surface area contributed by atoms with Crippen LogP contribution in [0.3, 0.4) is 0 Å². The van der Waals surface area contributed by atoms with E-state index >= 15 is 8.78 Å². The summed E-state index contributed by atoms with van der Waals surface area (Å²) in [6.45, 7) is 12.8. The Morgan fingerprint density at radius 3 is 2.02 bits per heavy atom. The number of ether oxygens (including phenoxy) is 2. The molecule has 0 aliphatic heterocycles. The number of aryl methyl sites for hydroxylation is 2. The Hall–Kier alpha value is -3.32. The predicted molar refractivity (Wildman–Crippen MR) is 196 cm³/mol. The van der Waals surface area contributed by atoms with Gasteiger partial charge < -0.3 is 14.6 Å². The minimum Gasteiger partial charge on any atom is -0.462 e. The molecule has 0 radical (unpaired) electrons. The first-order chi connectivity index (χ1) is 24.0. The fourth-order valence-corrected chi connectivity index (χ4v) is 8.22. The van der Waals surface area contributed by atoms with E-state index in [1.54, 1.807) is 6.92 Å². The van der Waals surface area contributed by atoms with Crippen LogP contribution in [-0.2, 0) is 31.9 Å². The van der Waals surface area contributed by atoms with Crippen molar-refractivity contribution in [2.75, 3.05) is 19.8 Å². The van der Waals surface area contributed by atoms with Gasteiger partial charge in [0.1, 0.15) is 11.6 Å². The summed E-state index contributed by atoms with van der Waals surface area (Å²) in [5.74, 6) is 0.168. The average Bonchev–Trinajstić information content (AvgIpc) is 3.12. The van der Waals surface area contributed by atoms with Crippen molar-refractivity contribution in [3.05, 3.63) is 83.0 Å². The molecule has 0 amide bonds. The summed E-state index contributed by atoms with van der Waals surface area (Å²) < 4.78 is 41.2. The van der Waals surface area contributed by atoms with Gasteiger partial charge in [0.2, 0.25) is 0 Å². The predicted octanol–water partition coefficient (Wildman–Crippen LogP) is 10.2. The smallest absolute Gasteiger partial charge is 0.335 e. The van der Waals surface area contributed by atoms with Crippen LogP contribution in [0.5, 0.6) is 0 Å². The van der Waals surface area contributed by atoms with Crippen LogP contribution in [-0.4, -0.2) is 36.9 Å². The summed E-state index contributed by atoms with van der Waals surface area (Å²) in [6, 6.07) is 9.07. The summed E-state index contributed by atoms with van der Waals surface area (Å²) >= 11 is 0. The molecule has 2 saturated carbocycles. The zero-order chi connectivity index (χ0) is 36.2. The molecule has 50 heavy (non-hydrogen) atoms. The fraction of sp³-hybridized carbons (Fsp3) is 0.581. The first-order valence-electron chi connectivity index (χ1n) is 18.9. The fourth-order valence-electron chi connectivity index (χ4n) is 8.22. The molecule has 2 aliphatic rings. The molecule has 2 aliphatic carbocycles. The molecule has 2 fully saturated rings. The quantitative estimate of drug-likeness (QED) is 0.102. The first-order valence-corrected chi connectivity index (χ1v) is 18.9. The van der Waals surface area contributed by atoms with Crippen molar-refractivity contribution in [3.8, 4) is 11.1 Å². The number of benzene rings is 2. The molecular weight excluding hydrogens is 634 g/mol. The van der Waals surface area contributed by atoms with Crippen molar-refractivity contribution >= 4 is 11.9 Å². The van der Waals surface area contributed by atoms with Gasteiger partial charge in [0.25, 0.3) is 0 Å². The third kappa shape index (κ3) is 10.8. The molecule has 2 aromatic rings. The monoisotopic (exact) mass is 692 g/mol. The summed E-state index contributed by atoms with van der Waals surface area (Å²) in [5, 5.41) is 9.19. The Balaban J connectivity index is 1.30. The summed E-state index contributed by atoms with van der Waals surface area (Å²) in [4.78, 5) is 24.1. The molecule has 7 heteroatoms. The topological polar surface area (TPSA) is 72.8 Å². The Bertz CT molecular complexity index is 1440. The van der Waals surface area contributed by atoms with Gasteiger partial charge in [0, 0.05) is 11.5 Å². The van der Waals surface area contributed by atoms with E-state index in [-0.39, 0.29) is 30.3 Å². The van der Waals surface area contributed by atoms with Crippen LogP contribution in [0.2, 0.25) is 0 Å². The lowest BCUT2D eigenvalue weighted by atomic mass is 9.67. The highest BCUT2D eigenvalue weighted by molar-refractivity contribution is 5.88. The second-order valence-electron chi connectivity index (χ2n) is 14.9. The number of rotatable bonds is 17. The van der Waals surface area contributed by atoms with Gasteiger partial charge in [-0.15, -0.1) is 0 Å². The van der Waals surface area contributed by atoms with E-state index in [2.05, 4.69) is 33.1 Å². The number of carbonyl (C=O) groups excluding carboxylic acids is 2. The molecule has 0 aromatic heterocycles. The average molecular weight is 693 g/mol. The van der Waals surface area contributed by atoms with Gasteiger partial charge in [-0.3, -0.25) is 0 Å². The normalized spacial score (nSPS) is 21.3. The van der Waals surface area contributed by atoms with Crippen LogP contribution >= 0.6 is 0 Å². The standard InChI is InChI=1S/C43H58F2O5/c1-6-8-9-10-31-22-39(44)41(40(45)23-31)37-19-20-38(33(7-2)24-37)36-17-15-35(16-18-36)34-13-11-30(12-14-34)21-32(26-49-42(47)28(3)4)27-50-43(48)29(5)25-46/h19-20,22-24,30,32,34-36,46H,3,5-18,21,25-27H2,1-2,4H3. The Morgan fingerprint density at radius 1 is 0.860 bits per heavy atom. The molecule has 2 aromatic carbocycles. The second kappa shape index (κ2) is 19.3. The van der Waals surface area contributed by atoms with Crippen LogP contribution in [0.4, 0.5) is 8.78 Å². The largest absolute Gasteiger partial charge is 0.462 e. The molecule has 5 nitrogen and oxygen atoms in total. The van der Waals surface area contributed by atoms with Gasteiger partial charge in [0.15, 0.2) is 0 Å². The SMILES string of the molecule is C=C(C)C(=O)OCC(COC(=O)C(=C)CO)CC1CCC(C2CCC(c3ccc(-c4c(F)cc(CCCCC)cc4F)cc3CC)CC2)CC1. The van der Waals surface area contributed by atoms with Crippen LogP contribution in [0.1, 0.15) is 120 Å². The van der Waals surface area contributed by atoms with Crippen LogP contribution in [0.25, 0.3) is 11.1 Å². The lowest BCUT2D eigenvalue weighted by Gasteiger charge is -2.39. The van der Waals surface area contributed by atoms with Gasteiger partial charge in [-0.2, -0.15) is 0 Å². The summed E-state index contributed by atoms with van der Waals surface area (Å²) in [5.41, 5.74) is 4.28. The number of aliphatic hydroxyl groups is 1. The lowest BCUT2D eigenvalue weighted by molar-refractivity contribution is -0.144. The third-order valence-electron chi connectivity index (χ3n) is 11.1. The van der Waals surface area contributed by atoms with E-state index in [9.17, 15) is 14.7 Å². The van der Waals surface area contributed by atoms with E-state index in [0.29, 0.717) is 41.2 Å². The third-order valence-corrected chi connectivity index (χ3v) is 11.1. The van der Waals surface area contributed by atoms with Gasteiger partial charge in [-0.05, 0) is 129 Å². The molecule has 1 unspecified atom stereocenters. The van der Waals surface area contributed by atoms with Crippen LogP contribution in [0.15, 0.2) is 54.6 Å². The zero-order valence-electron chi connectivity index (χ0n) is 30.5. The van der Waals surface area contributed by atoms with E-state index in [1.165, 1.54) is 48.9 Å². The van der Waals surface area contributed by atoms with Crippen LogP contribution in [0, 0.1) is 35.3 Å².